The van der Waals surface area contributed by atoms with Gasteiger partial charge in [-0.2, -0.15) is 0 Å². The lowest BCUT2D eigenvalue weighted by molar-refractivity contribution is -0.148. The molecule has 182 valence electrons. The van der Waals surface area contributed by atoms with Gasteiger partial charge in [-0.05, 0) is 43.8 Å². The predicted molar refractivity (Wildman–Crippen MR) is 122 cm³/mol. The lowest BCUT2D eigenvalue weighted by Gasteiger charge is -2.50. The summed E-state index contributed by atoms with van der Waals surface area (Å²) in [6.07, 6.45) is 0.361. The maximum Gasteiger partial charge on any atom is 0.255 e. The average molecular weight is 471 g/mol. The van der Waals surface area contributed by atoms with Gasteiger partial charge in [0.2, 0.25) is 5.78 Å². The number of fused-ring (bicyclic) bond motifs is 3. The zero-order valence-electron chi connectivity index (χ0n) is 19.8. The van der Waals surface area contributed by atoms with Crippen molar-refractivity contribution in [3.05, 3.63) is 51.5 Å². The van der Waals surface area contributed by atoms with Gasteiger partial charge in [-0.1, -0.05) is 32.9 Å². The van der Waals surface area contributed by atoms with Gasteiger partial charge in [-0.15, -0.1) is 0 Å². The van der Waals surface area contributed by atoms with Crippen LogP contribution in [0.25, 0.3) is 0 Å². The molecule has 4 atom stereocenters. The van der Waals surface area contributed by atoms with Gasteiger partial charge < -0.3 is 26.2 Å². The summed E-state index contributed by atoms with van der Waals surface area (Å²) < 4.78 is 0. The lowest BCUT2D eigenvalue weighted by Crippen LogP contribution is -2.63. The van der Waals surface area contributed by atoms with Crippen molar-refractivity contribution in [1.29, 1.82) is 0 Å². The van der Waals surface area contributed by atoms with Crippen LogP contribution < -0.4 is 5.73 Å². The quantitative estimate of drug-likeness (QED) is 0.406. The van der Waals surface area contributed by atoms with Crippen molar-refractivity contribution in [3.8, 4) is 5.75 Å². The number of aromatic hydroxyl groups is 1. The Morgan fingerprint density at radius 2 is 1.76 bits per heavy atom. The van der Waals surface area contributed by atoms with Crippen LogP contribution in [0, 0.1) is 11.8 Å². The number of hydrogen-bond donors (Lipinski definition) is 5. The normalized spacial score (nSPS) is 29.2. The Morgan fingerprint density at radius 1 is 1.15 bits per heavy atom. The van der Waals surface area contributed by atoms with Gasteiger partial charge in [0.25, 0.3) is 5.91 Å². The second kappa shape index (κ2) is 7.41. The highest BCUT2D eigenvalue weighted by Crippen LogP contribution is 2.52. The van der Waals surface area contributed by atoms with E-state index in [2.05, 4.69) is 0 Å². The number of Topliss-reactive ketones (excluding diaryl/α,β-unsaturated/α-hetero) is 2. The minimum absolute atomic E-state index is 0.0354. The summed E-state index contributed by atoms with van der Waals surface area (Å²) in [6.45, 7) is 5.67. The zero-order chi connectivity index (χ0) is 25.5. The Balaban J connectivity index is 1.96. The topological polar surface area (TPSA) is 161 Å². The molecular weight excluding hydrogens is 440 g/mol. The van der Waals surface area contributed by atoms with Gasteiger partial charge in [0.05, 0.1) is 11.6 Å². The number of primary amides is 1. The molecule has 1 aromatic carbocycles. The molecule has 34 heavy (non-hydrogen) atoms. The van der Waals surface area contributed by atoms with E-state index in [4.69, 9.17) is 5.73 Å². The van der Waals surface area contributed by atoms with Gasteiger partial charge in [-0.3, -0.25) is 19.3 Å². The van der Waals surface area contributed by atoms with E-state index in [1.54, 1.807) is 26.2 Å². The zero-order valence-corrected chi connectivity index (χ0v) is 19.8. The third kappa shape index (κ3) is 3.03. The highest BCUT2D eigenvalue weighted by Gasteiger charge is 2.63. The lowest BCUT2D eigenvalue weighted by atomic mass is 9.58. The molecule has 0 radical (unpaired) electrons. The molecule has 1 amide bonds. The summed E-state index contributed by atoms with van der Waals surface area (Å²) in [5.74, 6) is -6.38. The fraction of sp³-hybridized carbons (Fsp3) is 0.480. The summed E-state index contributed by atoms with van der Waals surface area (Å²) in [6, 6.07) is 2.55. The Labute approximate surface area is 197 Å². The Kier molecular flexibility index (Phi) is 5.23. The van der Waals surface area contributed by atoms with Crippen molar-refractivity contribution < 1.29 is 34.8 Å². The third-order valence-corrected chi connectivity index (χ3v) is 7.40. The SMILES string of the molecule is CN(C)[C@@H]1C(O)=C(C(N)=O)C(=O)[C@@]2(O)C(O)=C3C(=O)c4c(ccc(C(C)(C)C)c4O)CC3CC12. The van der Waals surface area contributed by atoms with Gasteiger partial charge in [0.1, 0.15) is 22.8 Å². The average Bonchev–Trinajstić information content (AvgIpc) is 2.69. The molecule has 4 rings (SSSR count). The van der Waals surface area contributed by atoms with Crippen molar-refractivity contribution in [2.75, 3.05) is 14.1 Å². The summed E-state index contributed by atoms with van der Waals surface area (Å²) in [4.78, 5) is 40.4. The predicted octanol–water partition coefficient (Wildman–Crippen LogP) is 1.42. The minimum atomic E-state index is -2.62. The molecule has 9 nitrogen and oxygen atoms in total. The van der Waals surface area contributed by atoms with E-state index < -0.39 is 63.5 Å². The molecule has 6 N–H and O–H groups in total. The van der Waals surface area contributed by atoms with E-state index in [1.165, 1.54) is 4.90 Å². The number of aliphatic hydroxyl groups excluding tert-OH is 2. The van der Waals surface area contributed by atoms with E-state index in [-0.39, 0.29) is 29.7 Å². The van der Waals surface area contributed by atoms with Crippen LogP contribution in [0.5, 0.6) is 5.75 Å². The number of ketones is 2. The molecule has 3 aliphatic carbocycles. The molecule has 2 unspecified atom stereocenters. The van der Waals surface area contributed by atoms with Crippen LogP contribution in [-0.2, 0) is 21.4 Å². The number of nitrogens with two attached hydrogens (primary N) is 1. The molecule has 0 spiro atoms. The maximum absolute atomic E-state index is 13.6. The summed E-state index contributed by atoms with van der Waals surface area (Å²) >= 11 is 0. The Bertz CT molecular complexity index is 1200. The highest BCUT2D eigenvalue weighted by molar-refractivity contribution is 6.24. The van der Waals surface area contributed by atoms with E-state index in [0.717, 1.165) is 0 Å². The van der Waals surface area contributed by atoms with E-state index >= 15 is 0 Å². The van der Waals surface area contributed by atoms with E-state index in [0.29, 0.717) is 11.1 Å². The maximum atomic E-state index is 13.6. The van der Waals surface area contributed by atoms with Gasteiger partial charge in [0.15, 0.2) is 11.4 Å². The number of phenols is 1. The summed E-state index contributed by atoms with van der Waals surface area (Å²) in [5.41, 5.74) is 2.47. The minimum Gasteiger partial charge on any atom is -0.510 e. The summed E-state index contributed by atoms with van der Waals surface area (Å²) in [5, 5.41) is 44.6. The fourth-order valence-corrected chi connectivity index (χ4v) is 5.83. The number of aliphatic hydroxyl groups is 3. The smallest absolute Gasteiger partial charge is 0.255 e. The number of amides is 1. The first kappa shape index (κ1) is 24.0. The standard InChI is InChI=1S/C25H30N2O7/c1-24(2,3)12-7-6-10-8-11-9-13-17(27(4)5)20(30)16(23(26)33)22(32)25(13,34)21(31)15(11)19(29)14(10)18(12)28/h6-7,11,13,17,28,30-31,34H,8-9H2,1-5H3,(H2,26,33)/t11?,13?,17-,25-/m0/s1. The number of carbonyl (C=O) groups is 3. The number of nitrogens with zero attached hydrogens (tertiary/aromatic N) is 1. The molecule has 0 aromatic heterocycles. The van der Waals surface area contributed by atoms with Crippen molar-refractivity contribution in [1.82, 2.24) is 4.90 Å². The number of allylic oxidation sites excluding steroid dienone is 1. The molecule has 1 aromatic rings. The molecule has 0 saturated heterocycles. The van der Waals surface area contributed by atoms with Gasteiger partial charge in [0, 0.05) is 17.1 Å². The number of carbonyl (C=O) groups excluding carboxylic acids is 3. The number of rotatable bonds is 2. The van der Waals surface area contributed by atoms with Crippen LogP contribution in [0.15, 0.2) is 34.8 Å². The van der Waals surface area contributed by atoms with Crippen LogP contribution in [0.3, 0.4) is 0 Å². The van der Waals surface area contributed by atoms with Crippen LogP contribution in [0.1, 0.15) is 48.7 Å². The number of phenolic OH excluding ortho intramolecular Hbond substituents is 1. The largest absolute Gasteiger partial charge is 0.510 e. The monoisotopic (exact) mass is 470 g/mol. The number of benzene rings is 1. The fourth-order valence-electron chi connectivity index (χ4n) is 5.83. The molecule has 0 aliphatic heterocycles. The first-order valence-corrected chi connectivity index (χ1v) is 11.1. The molecule has 0 saturated carbocycles. The Hall–Kier alpha value is -3.17. The van der Waals surface area contributed by atoms with Gasteiger partial charge >= 0.3 is 0 Å². The third-order valence-electron chi connectivity index (χ3n) is 7.40. The molecule has 0 heterocycles. The van der Waals surface area contributed by atoms with E-state index in [1.807, 2.05) is 20.8 Å². The van der Waals surface area contributed by atoms with Gasteiger partial charge in [-0.25, -0.2) is 0 Å². The number of hydrogen-bond acceptors (Lipinski definition) is 8. The molecule has 0 bridgehead atoms. The van der Waals surface area contributed by atoms with Crippen LogP contribution in [-0.4, -0.2) is 68.5 Å². The molecule has 3 aliphatic rings. The van der Waals surface area contributed by atoms with Crippen molar-refractivity contribution in [3.63, 3.8) is 0 Å². The van der Waals surface area contributed by atoms with Crippen molar-refractivity contribution in [2.45, 2.75) is 50.7 Å². The molecule has 9 heteroatoms. The number of likely N-dealkylation sites (N-methyl/N-ethyl adjacent to an activating group) is 1. The first-order valence-electron chi connectivity index (χ1n) is 11.1. The summed E-state index contributed by atoms with van der Waals surface area (Å²) in [7, 11) is 3.19. The van der Waals surface area contributed by atoms with Crippen LogP contribution in [0.2, 0.25) is 0 Å². The molecule has 0 fully saturated rings. The highest BCUT2D eigenvalue weighted by atomic mass is 16.3. The van der Waals surface area contributed by atoms with Crippen LogP contribution >= 0.6 is 0 Å². The van der Waals surface area contributed by atoms with Crippen molar-refractivity contribution in [2.24, 2.45) is 17.6 Å². The van der Waals surface area contributed by atoms with E-state index in [9.17, 15) is 34.8 Å². The van der Waals surface area contributed by atoms with Crippen LogP contribution in [0.4, 0.5) is 0 Å². The molecular formula is C25H30N2O7. The Morgan fingerprint density at radius 3 is 2.29 bits per heavy atom. The van der Waals surface area contributed by atoms with Crippen molar-refractivity contribution >= 4 is 17.5 Å². The second-order valence-electron chi connectivity index (χ2n) is 10.7. The second-order valence-corrected chi connectivity index (χ2v) is 10.7. The first-order chi connectivity index (χ1) is 15.6.